The van der Waals surface area contributed by atoms with Gasteiger partial charge in [-0.15, -0.1) is 0 Å². The zero-order valence-corrected chi connectivity index (χ0v) is 11.5. The molecule has 94 valence electrons. The Bertz CT molecular complexity index is 376. The predicted octanol–water partition coefficient (Wildman–Crippen LogP) is 4.18. The molecular formula is C15H23NO. The summed E-state index contributed by atoms with van der Waals surface area (Å²) in [4.78, 5) is 12.0. The molecule has 0 bridgehead atoms. The molecule has 17 heavy (non-hydrogen) atoms. The number of nitrogens with one attached hydrogen (secondary N) is 1. The van der Waals surface area contributed by atoms with Crippen LogP contribution in [0.25, 0.3) is 0 Å². The van der Waals surface area contributed by atoms with Crippen molar-refractivity contribution in [3.8, 4) is 0 Å². The van der Waals surface area contributed by atoms with E-state index in [0.29, 0.717) is 5.92 Å². The van der Waals surface area contributed by atoms with Crippen LogP contribution in [0, 0.1) is 5.41 Å². The van der Waals surface area contributed by atoms with Crippen molar-refractivity contribution in [2.75, 3.05) is 5.32 Å². The lowest BCUT2D eigenvalue weighted by atomic mass is 9.89. The van der Waals surface area contributed by atoms with E-state index in [1.165, 1.54) is 5.56 Å². The van der Waals surface area contributed by atoms with E-state index in [0.717, 1.165) is 12.1 Å². The maximum atomic E-state index is 12.0. The van der Waals surface area contributed by atoms with Gasteiger partial charge in [0.2, 0.25) is 5.91 Å². The number of carbonyl (C=O) groups excluding carboxylic acids is 1. The fourth-order valence-electron chi connectivity index (χ4n) is 1.41. The summed E-state index contributed by atoms with van der Waals surface area (Å²) in [5, 5.41) is 2.96. The lowest BCUT2D eigenvalue weighted by Gasteiger charge is -2.21. The van der Waals surface area contributed by atoms with Crippen LogP contribution in [0.1, 0.15) is 52.5 Å². The number of anilines is 1. The second kappa shape index (κ2) is 5.35. The first kappa shape index (κ1) is 13.8. The molecule has 1 N–H and O–H groups in total. The number of carbonyl (C=O) groups is 1. The maximum Gasteiger partial charge on any atom is 0.230 e. The largest absolute Gasteiger partial charge is 0.326 e. The summed E-state index contributed by atoms with van der Waals surface area (Å²) in [7, 11) is 0. The molecule has 2 nitrogen and oxygen atoms in total. The second-order valence-corrected chi connectivity index (χ2v) is 5.47. The van der Waals surface area contributed by atoms with Crippen molar-refractivity contribution < 1.29 is 4.79 Å². The highest BCUT2D eigenvalue weighted by Gasteiger charge is 2.25. The number of amides is 1. The van der Waals surface area contributed by atoms with Gasteiger partial charge in [-0.2, -0.15) is 0 Å². The Hall–Kier alpha value is -1.31. The molecular weight excluding hydrogens is 210 g/mol. The average Bonchev–Trinajstić information content (AvgIpc) is 2.29. The molecule has 0 saturated heterocycles. The zero-order chi connectivity index (χ0) is 13.1. The molecule has 0 spiro atoms. The molecule has 2 heteroatoms. The Morgan fingerprint density at radius 3 is 2.18 bits per heavy atom. The van der Waals surface area contributed by atoms with E-state index in [-0.39, 0.29) is 11.3 Å². The van der Waals surface area contributed by atoms with Crippen LogP contribution < -0.4 is 5.32 Å². The van der Waals surface area contributed by atoms with Gasteiger partial charge in [-0.1, -0.05) is 46.8 Å². The van der Waals surface area contributed by atoms with Crippen LogP contribution in [0.5, 0.6) is 0 Å². The summed E-state index contributed by atoms with van der Waals surface area (Å²) < 4.78 is 0. The Labute approximate surface area is 104 Å². The lowest BCUT2D eigenvalue weighted by molar-refractivity contribution is -0.124. The third-order valence-corrected chi connectivity index (χ3v) is 3.33. The Morgan fingerprint density at radius 2 is 1.76 bits per heavy atom. The summed E-state index contributed by atoms with van der Waals surface area (Å²) in [6.45, 7) is 10.3. The van der Waals surface area contributed by atoms with Gasteiger partial charge in [0, 0.05) is 11.1 Å². The molecule has 0 atom stereocenters. The van der Waals surface area contributed by atoms with E-state index in [1.54, 1.807) is 0 Å². The topological polar surface area (TPSA) is 29.1 Å². The van der Waals surface area contributed by atoms with Gasteiger partial charge in [0.1, 0.15) is 0 Å². The first-order valence-electron chi connectivity index (χ1n) is 6.28. The minimum atomic E-state index is -0.309. The van der Waals surface area contributed by atoms with E-state index >= 15 is 0 Å². The van der Waals surface area contributed by atoms with E-state index < -0.39 is 0 Å². The van der Waals surface area contributed by atoms with Crippen molar-refractivity contribution in [3.63, 3.8) is 0 Å². The molecule has 1 aromatic rings. The van der Waals surface area contributed by atoms with E-state index in [4.69, 9.17) is 0 Å². The van der Waals surface area contributed by atoms with Gasteiger partial charge in [0.25, 0.3) is 0 Å². The van der Waals surface area contributed by atoms with Crippen molar-refractivity contribution in [1.29, 1.82) is 0 Å². The second-order valence-electron chi connectivity index (χ2n) is 5.47. The molecule has 0 unspecified atom stereocenters. The van der Waals surface area contributed by atoms with Gasteiger partial charge >= 0.3 is 0 Å². The van der Waals surface area contributed by atoms with Gasteiger partial charge in [0.15, 0.2) is 0 Å². The highest BCUT2D eigenvalue weighted by Crippen LogP contribution is 2.23. The predicted molar refractivity (Wildman–Crippen MR) is 73.2 cm³/mol. The highest BCUT2D eigenvalue weighted by molar-refractivity contribution is 5.94. The van der Waals surface area contributed by atoms with Crippen LogP contribution in [-0.4, -0.2) is 5.91 Å². The average molecular weight is 233 g/mol. The molecule has 1 aromatic carbocycles. The molecule has 0 aliphatic carbocycles. The minimum absolute atomic E-state index is 0.0808. The monoisotopic (exact) mass is 233 g/mol. The fourth-order valence-corrected chi connectivity index (χ4v) is 1.41. The van der Waals surface area contributed by atoms with Crippen molar-refractivity contribution in [2.24, 2.45) is 5.41 Å². The van der Waals surface area contributed by atoms with Crippen molar-refractivity contribution in [3.05, 3.63) is 29.8 Å². The summed E-state index contributed by atoms with van der Waals surface area (Å²) >= 11 is 0. The Kier molecular flexibility index (Phi) is 4.33. The van der Waals surface area contributed by atoms with Crippen molar-refractivity contribution in [2.45, 2.75) is 47.0 Å². The van der Waals surface area contributed by atoms with Crippen LogP contribution >= 0.6 is 0 Å². The van der Waals surface area contributed by atoms with Crippen LogP contribution in [-0.2, 0) is 4.79 Å². The smallest absolute Gasteiger partial charge is 0.230 e. The van der Waals surface area contributed by atoms with Crippen molar-refractivity contribution >= 4 is 11.6 Å². The van der Waals surface area contributed by atoms with Gasteiger partial charge in [0.05, 0.1) is 0 Å². The number of benzene rings is 1. The van der Waals surface area contributed by atoms with Crippen LogP contribution in [0.15, 0.2) is 24.3 Å². The molecule has 1 rings (SSSR count). The highest BCUT2D eigenvalue weighted by atomic mass is 16.2. The standard InChI is InChI=1S/C15H23NO/c1-6-15(4,5)14(17)16-13-9-7-12(8-10-13)11(2)3/h7-11H,6H2,1-5H3,(H,16,17). The van der Waals surface area contributed by atoms with E-state index in [2.05, 4.69) is 31.3 Å². The lowest BCUT2D eigenvalue weighted by Crippen LogP contribution is -2.29. The third kappa shape index (κ3) is 3.58. The molecule has 0 radical (unpaired) electrons. The molecule has 0 aliphatic heterocycles. The molecule has 0 saturated carbocycles. The summed E-state index contributed by atoms with van der Waals surface area (Å²) in [5.74, 6) is 0.601. The fraction of sp³-hybridized carbons (Fsp3) is 0.533. The molecule has 0 aliphatic rings. The van der Waals surface area contributed by atoms with Gasteiger partial charge < -0.3 is 5.32 Å². The van der Waals surface area contributed by atoms with Crippen LogP contribution in [0.2, 0.25) is 0 Å². The quantitative estimate of drug-likeness (QED) is 0.830. The third-order valence-electron chi connectivity index (χ3n) is 3.33. The normalized spacial score (nSPS) is 11.6. The van der Waals surface area contributed by atoms with Crippen LogP contribution in [0.3, 0.4) is 0 Å². The maximum absolute atomic E-state index is 12.0. The molecule has 0 heterocycles. The van der Waals surface area contributed by atoms with E-state index in [1.807, 2.05) is 32.9 Å². The van der Waals surface area contributed by atoms with Crippen LogP contribution in [0.4, 0.5) is 5.69 Å². The SMILES string of the molecule is CCC(C)(C)C(=O)Nc1ccc(C(C)C)cc1. The zero-order valence-electron chi connectivity index (χ0n) is 11.5. The summed E-state index contributed by atoms with van der Waals surface area (Å²) in [6.07, 6.45) is 0.836. The van der Waals surface area contributed by atoms with Crippen molar-refractivity contribution in [1.82, 2.24) is 0 Å². The minimum Gasteiger partial charge on any atom is -0.326 e. The molecule has 0 fully saturated rings. The van der Waals surface area contributed by atoms with Gasteiger partial charge in [-0.05, 0) is 30.0 Å². The summed E-state index contributed by atoms with van der Waals surface area (Å²) in [6, 6.07) is 8.08. The Balaban J connectivity index is 2.73. The first-order chi connectivity index (χ1) is 7.86. The summed E-state index contributed by atoms with van der Waals surface area (Å²) in [5.41, 5.74) is 1.86. The number of hydrogen-bond donors (Lipinski definition) is 1. The molecule has 0 aromatic heterocycles. The molecule has 1 amide bonds. The van der Waals surface area contributed by atoms with Gasteiger partial charge in [-0.25, -0.2) is 0 Å². The first-order valence-corrected chi connectivity index (χ1v) is 6.28. The van der Waals surface area contributed by atoms with E-state index in [9.17, 15) is 4.79 Å². The Morgan fingerprint density at radius 1 is 1.24 bits per heavy atom. The van der Waals surface area contributed by atoms with Gasteiger partial charge in [-0.3, -0.25) is 4.79 Å². The number of hydrogen-bond acceptors (Lipinski definition) is 1. The number of rotatable bonds is 4.